The molecule has 0 amide bonds. The molecule has 0 atom stereocenters. The zero-order valence-electron chi connectivity index (χ0n) is 11.2. The van der Waals surface area contributed by atoms with E-state index in [4.69, 9.17) is 10.2 Å². The standard InChI is InChI=1S/C11H16AsN5O4/c12-11-13-8-7(15-16-9(8)10(21)14-11)2-17(5-20)1-6(3-18)4-19/h6,18-20H,1-5H2,(H,15,16)(H,13,14,21). The first-order valence-corrected chi connectivity index (χ1v) is 7.24. The summed E-state index contributed by atoms with van der Waals surface area (Å²) < 4.78 is 0.418. The van der Waals surface area contributed by atoms with Crippen LogP contribution in [0.5, 0.6) is 0 Å². The first-order chi connectivity index (χ1) is 10.1. The van der Waals surface area contributed by atoms with Crippen LogP contribution in [0.3, 0.4) is 0 Å². The van der Waals surface area contributed by atoms with Crippen molar-refractivity contribution in [3.63, 3.8) is 0 Å². The number of rotatable bonds is 7. The summed E-state index contributed by atoms with van der Waals surface area (Å²) in [5, 5.41) is 34.2. The number of nitrogens with one attached hydrogen (secondary N) is 2. The predicted molar refractivity (Wildman–Crippen MR) is 75.1 cm³/mol. The van der Waals surface area contributed by atoms with E-state index in [9.17, 15) is 9.90 Å². The van der Waals surface area contributed by atoms with Gasteiger partial charge < -0.3 is 0 Å². The number of hydrogen-bond acceptors (Lipinski definition) is 7. The van der Waals surface area contributed by atoms with Crippen LogP contribution in [0, 0.1) is 5.92 Å². The van der Waals surface area contributed by atoms with Gasteiger partial charge in [0, 0.05) is 0 Å². The Balaban J connectivity index is 2.24. The van der Waals surface area contributed by atoms with Gasteiger partial charge in [-0.2, -0.15) is 0 Å². The van der Waals surface area contributed by atoms with Gasteiger partial charge in [-0.25, -0.2) is 0 Å². The van der Waals surface area contributed by atoms with Gasteiger partial charge in [-0.1, -0.05) is 0 Å². The Hall–Kier alpha value is -1.25. The molecular formula is C11H16AsN5O4. The number of nitrogens with zero attached hydrogens (tertiary/aromatic N) is 3. The van der Waals surface area contributed by atoms with Gasteiger partial charge in [-0.15, -0.1) is 0 Å². The first kappa shape index (κ1) is 16.1. The van der Waals surface area contributed by atoms with Crippen molar-refractivity contribution >= 4 is 32.5 Å². The van der Waals surface area contributed by atoms with E-state index in [0.717, 1.165) is 0 Å². The molecule has 0 bridgehead atoms. The van der Waals surface area contributed by atoms with E-state index in [1.54, 1.807) is 4.90 Å². The summed E-state index contributed by atoms with van der Waals surface area (Å²) in [5.41, 5.74) is 0.903. The van der Waals surface area contributed by atoms with E-state index in [1.165, 1.54) is 0 Å². The van der Waals surface area contributed by atoms with Gasteiger partial charge in [0.2, 0.25) is 0 Å². The van der Waals surface area contributed by atoms with Gasteiger partial charge in [-0.05, 0) is 0 Å². The number of aromatic amines is 2. The fourth-order valence-corrected chi connectivity index (χ4v) is 2.41. The van der Waals surface area contributed by atoms with E-state index in [-0.39, 0.29) is 43.5 Å². The fraction of sp³-hybridized carbons (Fsp3) is 0.545. The van der Waals surface area contributed by atoms with Gasteiger partial charge in [0.05, 0.1) is 0 Å². The molecule has 114 valence electrons. The van der Waals surface area contributed by atoms with E-state index in [1.807, 2.05) is 0 Å². The molecule has 0 aliphatic heterocycles. The zero-order valence-corrected chi connectivity index (χ0v) is 13.0. The average molecular weight is 357 g/mol. The topological polar surface area (TPSA) is 138 Å². The Morgan fingerprint density at radius 1 is 1.24 bits per heavy atom. The molecule has 2 heterocycles. The van der Waals surface area contributed by atoms with Crippen LogP contribution in [0.1, 0.15) is 5.69 Å². The van der Waals surface area contributed by atoms with Crippen LogP contribution in [0.4, 0.5) is 0 Å². The van der Waals surface area contributed by atoms with Crippen molar-refractivity contribution in [3.05, 3.63) is 16.0 Å². The molecule has 0 aliphatic carbocycles. The van der Waals surface area contributed by atoms with Crippen molar-refractivity contribution in [1.82, 2.24) is 25.1 Å². The summed E-state index contributed by atoms with van der Waals surface area (Å²) >= 11 is 2.15. The molecule has 10 heteroatoms. The second kappa shape index (κ2) is 7.15. The number of aliphatic hydroxyl groups excluding tert-OH is 3. The molecule has 2 aromatic rings. The van der Waals surface area contributed by atoms with Gasteiger partial charge >= 0.3 is 128 Å². The summed E-state index contributed by atoms with van der Waals surface area (Å²) in [6.07, 6.45) is 0. The summed E-state index contributed by atoms with van der Waals surface area (Å²) in [4.78, 5) is 20.1. The zero-order chi connectivity index (χ0) is 15.4. The Labute approximate surface area is 128 Å². The van der Waals surface area contributed by atoms with Crippen molar-refractivity contribution in [3.8, 4) is 0 Å². The second-order valence-electron chi connectivity index (χ2n) is 4.67. The first-order valence-electron chi connectivity index (χ1n) is 6.30. The molecule has 21 heavy (non-hydrogen) atoms. The molecule has 2 aromatic heterocycles. The fourth-order valence-electron chi connectivity index (χ4n) is 1.99. The van der Waals surface area contributed by atoms with Gasteiger partial charge in [0.25, 0.3) is 0 Å². The third-order valence-corrected chi connectivity index (χ3v) is 3.53. The minimum absolute atomic E-state index is 0.175. The van der Waals surface area contributed by atoms with Gasteiger partial charge in [-0.3, -0.25) is 0 Å². The predicted octanol–water partition coefficient (Wildman–Crippen LogP) is -3.21. The van der Waals surface area contributed by atoms with Crippen LogP contribution in [0.2, 0.25) is 0 Å². The third kappa shape index (κ3) is 3.69. The van der Waals surface area contributed by atoms with Crippen molar-refractivity contribution in [2.45, 2.75) is 6.54 Å². The molecular weight excluding hydrogens is 341 g/mol. The monoisotopic (exact) mass is 357 g/mol. The van der Waals surface area contributed by atoms with Crippen LogP contribution >= 0.6 is 0 Å². The van der Waals surface area contributed by atoms with Crippen molar-refractivity contribution in [1.29, 1.82) is 0 Å². The van der Waals surface area contributed by atoms with Crippen LogP contribution in [-0.4, -0.2) is 83.7 Å². The molecule has 0 saturated heterocycles. The number of aliphatic hydroxyl groups is 3. The van der Waals surface area contributed by atoms with Crippen molar-refractivity contribution < 1.29 is 15.3 Å². The maximum absolute atomic E-state index is 11.7. The second-order valence-corrected chi connectivity index (χ2v) is 5.56. The van der Waals surface area contributed by atoms with Gasteiger partial charge in [0.15, 0.2) is 0 Å². The molecule has 0 unspecified atom stereocenters. The molecule has 0 spiro atoms. The molecule has 0 aromatic carbocycles. The number of aromatic nitrogens is 4. The summed E-state index contributed by atoms with van der Waals surface area (Å²) in [6.45, 7) is -0.0274. The van der Waals surface area contributed by atoms with E-state index >= 15 is 0 Å². The Kier molecular flexibility index (Phi) is 5.49. The molecule has 9 nitrogen and oxygen atoms in total. The Morgan fingerprint density at radius 2 is 1.95 bits per heavy atom. The number of H-pyrrole nitrogens is 2. The van der Waals surface area contributed by atoms with Gasteiger partial charge in [0.1, 0.15) is 0 Å². The molecule has 0 fully saturated rings. The minimum atomic E-state index is -0.346. The quantitative estimate of drug-likeness (QED) is 0.260. The summed E-state index contributed by atoms with van der Waals surface area (Å²) in [7, 11) is 0. The van der Waals surface area contributed by atoms with Crippen molar-refractivity contribution in [2.24, 2.45) is 5.92 Å². The maximum atomic E-state index is 11.7. The Bertz CT molecular complexity index is 654. The van der Waals surface area contributed by atoms with Crippen LogP contribution in [0.15, 0.2) is 4.79 Å². The Morgan fingerprint density at radius 3 is 2.57 bits per heavy atom. The average Bonchev–Trinajstić information content (AvgIpc) is 2.86. The van der Waals surface area contributed by atoms with E-state index < -0.39 is 0 Å². The SMILES string of the molecule is O=c1[nH]c([As])nc2c(CN(CO)CC(CO)CO)[nH]nc12. The normalized spacial score (nSPS) is 11.9. The van der Waals surface area contributed by atoms with Crippen molar-refractivity contribution in [2.75, 3.05) is 26.5 Å². The molecule has 5 N–H and O–H groups in total. The molecule has 0 saturated carbocycles. The van der Waals surface area contributed by atoms with Crippen LogP contribution in [-0.2, 0) is 6.54 Å². The summed E-state index contributed by atoms with van der Waals surface area (Å²) in [6, 6.07) is 0. The third-order valence-electron chi connectivity index (χ3n) is 3.09. The molecule has 2 radical (unpaired) electrons. The van der Waals surface area contributed by atoms with Crippen LogP contribution < -0.4 is 10.2 Å². The summed E-state index contributed by atoms with van der Waals surface area (Å²) in [5.74, 6) is -0.346. The van der Waals surface area contributed by atoms with E-state index in [0.29, 0.717) is 22.4 Å². The van der Waals surface area contributed by atoms with Crippen LogP contribution in [0.25, 0.3) is 11.0 Å². The van der Waals surface area contributed by atoms with E-state index in [2.05, 4.69) is 37.0 Å². The number of hydrogen-bond donors (Lipinski definition) is 5. The number of fused-ring (bicyclic) bond motifs is 1. The molecule has 2 rings (SSSR count). The molecule has 0 aliphatic rings.